The van der Waals surface area contributed by atoms with Crippen molar-refractivity contribution in [3.63, 3.8) is 0 Å². The molecule has 2 amide bonds. The third-order valence-electron chi connectivity index (χ3n) is 2.79. The Balaban J connectivity index is 2.53. The van der Waals surface area contributed by atoms with Gasteiger partial charge >= 0.3 is 12.2 Å². The second kappa shape index (κ2) is 6.81. The molecule has 0 aliphatic heterocycles. The number of furan rings is 1. The lowest BCUT2D eigenvalue weighted by Crippen LogP contribution is -2.44. The van der Waals surface area contributed by atoms with Crippen molar-refractivity contribution in [1.29, 1.82) is 0 Å². The summed E-state index contributed by atoms with van der Waals surface area (Å²) in [5.41, 5.74) is -1.27. The normalized spacial score (nSPS) is 12.1. The van der Waals surface area contributed by atoms with E-state index in [1.807, 2.05) is 0 Å². The van der Waals surface area contributed by atoms with Crippen LogP contribution in [-0.2, 0) is 9.47 Å². The number of aromatic nitrogens is 1. The molecule has 0 atom stereocenters. The molecule has 0 aliphatic rings. The van der Waals surface area contributed by atoms with E-state index in [1.165, 1.54) is 6.26 Å². The summed E-state index contributed by atoms with van der Waals surface area (Å²) in [6.45, 7) is 10.3. The molecule has 0 aromatic carbocycles. The quantitative estimate of drug-likeness (QED) is 0.551. The Morgan fingerprint density at radius 3 is 2.08 bits per heavy atom. The van der Waals surface area contributed by atoms with Crippen LogP contribution < -0.4 is 4.90 Å². The number of rotatable bonds is 1. The minimum atomic E-state index is -0.881. The Kier molecular flexibility index (Phi) is 5.31. The first-order valence-corrected chi connectivity index (χ1v) is 8.75. The van der Waals surface area contributed by atoms with Crippen LogP contribution in [0.15, 0.2) is 22.9 Å². The highest BCUT2D eigenvalue weighted by Crippen LogP contribution is 2.31. The molecule has 0 spiro atoms. The number of carbonyl (C=O) groups excluding carboxylic acids is 2. The van der Waals surface area contributed by atoms with E-state index < -0.39 is 23.4 Å². The zero-order valence-corrected chi connectivity index (χ0v) is 17.2. The number of amides is 2. The van der Waals surface area contributed by atoms with Crippen LogP contribution in [0.4, 0.5) is 15.4 Å². The van der Waals surface area contributed by atoms with Crippen LogP contribution in [0.3, 0.4) is 0 Å². The average Bonchev–Trinajstić information content (AvgIpc) is 2.87. The molecule has 0 unspecified atom stereocenters. The van der Waals surface area contributed by atoms with Crippen molar-refractivity contribution in [3.05, 3.63) is 22.1 Å². The first-order valence-electron chi connectivity index (χ1n) is 7.67. The molecule has 0 saturated carbocycles. The minimum Gasteiger partial charge on any atom is -0.460 e. The van der Waals surface area contributed by atoms with E-state index in [-0.39, 0.29) is 5.82 Å². The summed E-state index contributed by atoms with van der Waals surface area (Å²) in [6, 6.07) is 1.74. The van der Waals surface area contributed by atoms with Crippen molar-refractivity contribution in [1.82, 2.24) is 4.98 Å². The Bertz CT molecular complexity index is 773. The molecule has 0 aliphatic carbocycles. The summed E-state index contributed by atoms with van der Waals surface area (Å²) < 4.78 is 17.0. The van der Waals surface area contributed by atoms with Gasteiger partial charge in [0.2, 0.25) is 0 Å². The molecule has 0 bridgehead atoms. The monoisotopic (exact) mass is 460 g/mol. The third-order valence-corrected chi connectivity index (χ3v) is 3.65. The zero-order valence-electron chi connectivity index (χ0n) is 15.0. The Labute approximate surface area is 159 Å². The number of fused-ring (bicyclic) bond motifs is 1. The lowest BCUT2D eigenvalue weighted by Gasteiger charge is -2.28. The fourth-order valence-corrected chi connectivity index (χ4v) is 2.50. The second-order valence-corrected chi connectivity index (χ2v) is 8.55. The fourth-order valence-electron chi connectivity index (χ4n) is 1.94. The number of imide groups is 1. The van der Waals surface area contributed by atoms with Gasteiger partial charge in [-0.25, -0.2) is 14.6 Å². The van der Waals surface area contributed by atoms with E-state index in [4.69, 9.17) is 13.9 Å². The van der Waals surface area contributed by atoms with E-state index in [0.29, 0.717) is 5.58 Å². The predicted molar refractivity (Wildman–Crippen MR) is 102 cm³/mol. The van der Waals surface area contributed by atoms with E-state index in [2.05, 4.69) is 27.6 Å². The number of carbonyl (C=O) groups is 2. The summed E-state index contributed by atoms with van der Waals surface area (Å²) in [5.74, 6) is 0.0314. The number of hydrogen-bond donors (Lipinski definition) is 0. The Morgan fingerprint density at radius 2 is 1.60 bits per heavy atom. The van der Waals surface area contributed by atoms with Crippen molar-refractivity contribution >= 4 is 51.6 Å². The summed E-state index contributed by atoms with van der Waals surface area (Å²) in [6.07, 6.45) is 1.26. The number of hydrogen-bond acceptors (Lipinski definition) is 6. The molecule has 0 N–H and O–H groups in total. The van der Waals surface area contributed by atoms with Gasteiger partial charge in [-0.2, -0.15) is 4.90 Å². The largest absolute Gasteiger partial charge is 0.460 e. The van der Waals surface area contributed by atoms with Crippen LogP contribution in [0, 0.1) is 3.57 Å². The van der Waals surface area contributed by atoms with E-state index in [0.717, 1.165) is 13.9 Å². The Hall–Kier alpha value is -1.84. The lowest BCUT2D eigenvalue weighted by atomic mass is 10.2. The van der Waals surface area contributed by atoms with Gasteiger partial charge in [0.1, 0.15) is 11.2 Å². The maximum absolute atomic E-state index is 12.7. The average molecular weight is 460 g/mol. The van der Waals surface area contributed by atoms with Crippen molar-refractivity contribution < 1.29 is 23.5 Å². The van der Waals surface area contributed by atoms with Crippen LogP contribution in [0.5, 0.6) is 0 Å². The van der Waals surface area contributed by atoms with Gasteiger partial charge < -0.3 is 13.9 Å². The second-order valence-electron chi connectivity index (χ2n) is 7.39. The smallest absolute Gasteiger partial charge is 0.425 e. The van der Waals surface area contributed by atoms with E-state index >= 15 is 0 Å². The number of ether oxygens (including phenoxy) is 2. The first kappa shape index (κ1) is 19.5. The van der Waals surface area contributed by atoms with Crippen LogP contribution in [0.1, 0.15) is 41.5 Å². The third kappa shape index (κ3) is 4.83. The fraction of sp³-hybridized carbons (Fsp3) is 0.471. The van der Waals surface area contributed by atoms with Crippen molar-refractivity contribution in [3.8, 4) is 0 Å². The van der Waals surface area contributed by atoms with Gasteiger partial charge in [0.25, 0.3) is 0 Å². The van der Waals surface area contributed by atoms with E-state index in [9.17, 15) is 9.59 Å². The number of anilines is 1. The van der Waals surface area contributed by atoms with Gasteiger partial charge in [-0.05, 0) is 70.2 Å². The standard InChI is InChI=1S/C17H21IN2O5/c1-16(2,3)24-14(21)20(15(22)25-17(4,5)6)13-12-10(7-8-23-12)11(18)9-19-13/h7-9H,1-6H3. The molecule has 0 radical (unpaired) electrons. The summed E-state index contributed by atoms with van der Waals surface area (Å²) in [5, 5.41) is 0.739. The maximum atomic E-state index is 12.7. The zero-order chi connectivity index (χ0) is 19.0. The van der Waals surface area contributed by atoms with Gasteiger partial charge in [0.05, 0.1) is 6.26 Å². The molecule has 0 fully saturated rings. The molecule has 7 nitrogen and oxygen atoms in total. The number of halogens is 1. The molecule has 25 heavy (non-hydrogen) atoms. The molecular weight excluding hydrogens is 439 g/mol. The molecule has 136 valence electrons. The summed E-state index contributed by atoms with van der Waals surface area (Å²) in [7, 11) is 0. The van der Waals surface area contributed by atoms with Gasteiger partial charge in [-0.1, -0.05) is 0 Å². The number of pyridine rings is 1. The van der Waals surface area contributed by atoms with Crippen molar-refractivity contribution in [2.45, 2.75) is 52.7 Å². The molecule has 2 heterocycles. The topological polar surface area (TPSA) is 81.9 Å². The highest BCUT2D eigenvalue weighted by molar-refractivity contribution is 14.1. The van der Waals surface area contributed by atoms with Gasteiger partial charge in [-0.3, -0.25) is 0 Å². The van der Waals surface area contributed by atoms with E-state index in [1.54, 1.807) is 53.8 Å². The minimum absolute atomic E-state index is 0.0314. The predicted octanol–water partition coefficient (Wildman–Crippen LogP) is 5.11. The maximum Gasteiger partial charge on any atom is 0.425 e. The Morgan fingerprint density at radius 1 is 1.08 bits per heavy atom. The first-order chi connectivity index (χ1) is 11.4. The molecule has 2 aromatic heterocycles. The molecule has 2 aromatic rings. The van der Waals surface area contributed by atoms with Crippen molar-refractivity contribution in [2.75, 3.05) is 4.90 Å². The van der Waals surface area contributed by atoms with Gasteiger partial charge in [0.15, 0.2) is 11.4 Å². The summed E-state index contributed by atoms with van der Waals surface area (Å²) in [4.78, 5) is 30.3. The van der Waals surface area contributed by atoms with Crippen molar-refractivity contribution in [2.24, 2.45) is 0 Å². The molecular formula is C17H21IN2O5. The highest BCUT2D eigenvalue weighted by atomic mass is 127. The molecule has 8 heteroatoms. The lowest BCUT2D eigenvalue weighted by molar-refractivity contribution is 0.0429. The molecule has 0 saturated heterocycles. The SMILES string of the molecule is CC(C)(C)OC(=O)N(C(=O)OC(C)(C)C)c1ncc(I)c2ccoc12. The number of nitrogens with zero attached hydrogens (tertiary/aromatic N) is 2. The summed E-state index contributed by atoms with van der Waals surface area (Å²) >= 11 is 2.10. The molecule has 2 rings (SSSR count). The highest BCUT2D eigenvalue weighted by Gasteiger charge is 2.35. The van der Waals surface area contributed by atoms with Crippen LogP contribution in [-0.4, -0.2) is 28.4 Å². The van der Waals surface area contributed by atoms with Crippen LogP contribution >= 0.6 is 22.6 Å². The van der Waals surface area contributed by atoms with Gasteiger partial charge in [0, 0.05) is 15.2 Å². The van der Waals surface area contributed by atoms with Gasteiger partial charge in [-0.15, -0.1) is 0 Å². The van der Waals surface area contributed by atoms with Crippen LogP contribution in [0.25, 0.3) is 11.0 Å². The van der Waals surface area contributed by atoms with Crippen LogP contribution in [0.2, 0.25) is 0 Å².